The van der Waals surface area contributed by atoms with E-state index in [-0.39, 0.29) is 11.9 Å². The van der Waals surface area contributed by atoms with Gasteiger partial charge in [0.25, 0.3) is 0 Å². The molecule has 0 aliphatic heterocycles. The first-order chi connectivity index (χ1) is 8.17. The number of methoxy groups -OCH3 is 1. The summed E-state index contributed by atoms with van der Waals surface area (Å²) in [5.74, 6) is 1.08. The first-order valence-electron chi connectivity index (χ1n) is 5.49. The molecule has 5 nitrogen and oxygen atoms in total. The van der Waals surface area contributed by atoms with Crippen LogP contribution in [0.3, 0.4) is 0 Å². The van der Waals surface area contributed by atoms with Crippen LogP contribution >= 0.6 is 0 Å². The summed E-state index contributed by atoms with van der Waals surface area (Å²) in [7, 11) is 1.65. The van der Waals surface area contributed by atoms with Gasteiger partial charge in [0.15, 0.2) is 0 Å². The Morgan fingerprint density at radius 1 is 1.53 bits per heavy atom. The van der Waals surface area contributed by atoms with Crippen LogP contribution in [0, 0.1) is 0 Å². The van der Waals surface area contributed by atoms with E-state index < -0.39 is 0 Å². The van der Waals surface area contributed by atoms with E-state index in [9.17, 15) is 0 Å². The van der Waals surface area contributed by atoms with Crippen LogP contribution in [0.5, 0.6) is 5.75 Å². The number of para-hydroxylation sites is 1. The molecule has 1 atom stereocenters. The maximum atomic E-state index is 8.47. The normalized spacial score (nSPS) is 13.4. The zero-order chi connectivity index (χ0) is 12.7. The summed E-state index contributed by atoms with van der Waals surface area (Å²) in [6.07, 6.45) is 0.506. The Bertz CT molecular complexity index is 380. The van der Waals surface area contributed by atoms with Crippen molar-refractivity contribution in [2.75, 3.05) is 7.11 Å². The van der Waals surface area contributed by atoms with Gasteiger partial charge in [-0.25, -0.2) is 0 Å². The lowest BCUT2D eigenvalue weighted by Crippen LogP contribution is -2.30. The van der Waals surface area contributed by atoms with E-state index in [1.165, 1.54) is 0 Å². The average molecular weight is 237 g/mol. The smallest absolute Gasteiger partial charge is 0.140 e. The summed E-state index contributed by atoms with van der Waals surface area (Å²) in [6, 6.07) is 7.96. The summed E-state index contributed by atoms with van der Waals surface area (Å²) in [5, 5.41) is 14.7. The first kappa shape index (κ1) is 13.3. The standard InChI is InChI=1S/C12H19N3O2/c1-9(7-12(13)15-16)14-8-10-5-3-4-6-11(10)17-2/h3-6,9,14,16H,7-8H2,1-2H3,(H2,13,15). The number of nitrogens with zero attached hydrogens (tertiary/aromatic N) is 1. The van der Waals surface area contributed by atoms with Crippen molar-refractivity contribution >= 4 is 5.84 Å². The summed E-state index contributed by atoms with van der Waals surface area (Å²) < 4.78 is 5.25. The molecule has 0 amide bonds. The van der Waals surface area contributed by atoms with Crippen molar-refractivity contribution in [1.82, 2.24) is 5.32 Å². The molecular weight excluding hydrogens is 218 g/mol. The fraction of sp³-hybridized carbons (Fsp3) is 0.417. The van der Waals surface area contributed by atoms with Crippen LogP contribution in [0.15, 0.2) is 29.4 Å². The van der Waals surface area contributed by atoms with Crippen LogP contribution < -0.4 is 15.8 Å². The highest BCUT2D eigenvalue weighted by Crippen LogP contribution is 2.16. The second kappa shape index (κ2) is 6.75. The van der Waals surface area contributed by atoms with Gasteiger partial charge in [-0.3, -0.25) is 0 Å². The number of nitrogens with one attached hydrogen (secondary N) is 1. The Morgan fingerprint density at radius 3 is 2.88 bits per heavy atom. The molecule has 0 aromatic heterocycles. The highest BCUT2D eigenvalue weighted by atomic mass is 16.5. The molecule has 0 aliphatic carbocycles. The summed E-state index contributed by atoms with van der Waals surface area (Å²) in [6.45, 7) is 2.66. The fourth-order valence-corrected chi connectivity index (χ4v) is 1.56. The molecule has 0 saturated heterocycles. The van der Waals surface area contributed by atoms with E-state index >= 15 is 0 Å². The Labute approximate surface area is 101 Å². The number of ether oxygens (including phenoxy) is 1. The van der Waals surface area contributed by atoms with Crippen molar-refractivity contribution in [3.63, 3.8) is 0 Å². The highest BCUT2D eigenvalue weighted by Gasteiger charge is 2.06. The highest BCUT2D eigenvalue weighted by molar-refractivity contribution is 5.80. The molecule has 1 unspecified atom stereocenters. The molecule has 1 aromatic rings. The maximum Gasteiger partial charge on any atom is 0.140 e. The minimum absolute atomic E-state index is 0.135. The van der Waals surface area contributed by atoms with Crippen molar-refractivity contribution in [3.05, 3.63) is 29.8 Å². The van der Waals surface area contributed by atoms with Gasteiger partial charge in [-0.05, 0) is 13.0 Å². The second-order valence-electron chi connectivity index (χ2n) is 3.89. The minimum atomic E-state index is 0.135. The molecule has 1 rings (SSSR count). The van der Waals surface area contributed by atoms with Crippen LogP contribution in [0.2, 0.25) is 0 Å². The largest absolute Gasteiger partial charge is 0.496 e. The van der Waals surface area contributed by atoms with E-state index in [1.54, 1.807) is 7.11 Å². The number of benzene rings is 1. The SMILES string of the molecule is COc1ccccc1CNC(C)CC(N)=NO. The maximum absolute atomic E-state index is 8.47. The molecule has 0 saturated carbocycles. The molecule has 0 radical (unpaired) electrons. The first-order valence-corrected chi connectivity index (χ1v) is 5.49. The average Bonchev–Trinajstić information content (AvgIpc) is 2.36. The number of rotatable bonds is 6. The Balaban J connectivity index is 2.49. The predicted molar refractivity (Wildman–Crippen MR) is 67.3 cm³/mol. The third-order valence-electron chi connectivity index (χ3n) is 2.48. The topological polar surface area (TPSA) is 79.9 Å². The molecule has 0 aliphatic rings. The predicted octanol–water partition coefficient (Wildman–Crippen LogP) is 1.31. The monoisotopic (exact) mass is 237 g/mol. The lowest BCUT2D eigenvalue weighted by molar-refractivity contribution is 0.315. The third kappa shape index (κ3) is 4.32. The molecule has 0 heterocycles. The van der Waals surface area contributed by atoms with E-state index in [0.29, 0.717) is 13.0 Å². The minimum Gasteiger partial charge on any atom is -0.496 e. The molecule has 17 heavy (non-hydrogen) atoms. The van der Waals surface area contributed by atoms with Gasteiger partial charge < -0.3 is 21.0 Å². The quantitative estimate of drug-likeness (QED) is 0.301. The molecule has 1 aromatic carbocycles. The lowest BCUT2D eigenvalue weighted by Gasteiger charge is -2.14. The molecule has 4 N–H and O–H groups in total. The van der Waals surface area contributed by atoms with Gasteiger partial charge in [0, 0.05) is 24.6 Å². The Kier molecular flexibility index (Phi) is 5.29. The Morgan fingerprint density at radius 2 is 2.24 bits per heavy atom. The van der Waals surface area contributed by atoms with Crippen molar-refractivity contribution in [2.24, 2.45) is 10.9 Å². The van der Waals surface area contributed by atoms with Gasteiger partial charge in [0.1, 0.15) is 11.6 Å². The third-order valence-corrected chi connectivity index (χ3v) is 2.48. The molecule has 5 heteroatoms. The van der Waals surface area contributed by atoms with Gasteiger partial charge in [0.2, 0.25) is 0 Å². The van der Waals surface area contributed by atoms with Crippen LogP contribution in [0.4, 0.5) is 0 Å². The van der Waals surface area contributed by atoms with Crippen LogP contribution in [0.1, 0.15) is 18.9 Å². The second-order valence-corrected chi connectivity index (χ2v) is 3.89. The number of oxime groups is 1. The van der Waals surface area contributed by atoms with Crippen molar-refractivity contribution < 1.29 is 9.94 Å². The van der Waals surface area contributed by atoms with Crippen molar-refractivity contribution in [3.8, 4) is 5.75 Å². The molecule has 94 valence electrons. The fourth-order valence-electron chi connectivity index (χ4n) is 1.56. The van der Waals surface area contributed by atoms with E-state index in [4.69, 9.17) is 15.7 Å². The zero-order valence-corrected chi connectivity index (χ0v) is 10.2. The van der Waals surface area contributed by atoms with Gasteiger partial charge >= 0.3 is 0 Å². The molecule has 0 bridgehead atoms. The van der Waals surface area contributed by atoms with Crippen molar-refractivity contribution in [2.45, 2.75) is 25.9 Å². The van der Waals surface area contributed by atoms with Crippen molar-refractivity contribution in [1.29, 1.82) is 0 Å². The van der Waals surface area contributed by atoms with Crippen LogP contribution in [0.25, 0.3) is 0 Å². The molecule has 0 spiro atoms. The number of amidine groups is 1. The Hall–Kier alpha value is -1.75. The van der Waals surface area contributed by atoms with E-state index in [0.717, 1.165) is 11.3 Å². The zero-order valence-electron chi connectivity index (χ0n) is 10.2. The van der Waals surface area contributed by atoms with E-state index in [1.807, 2.05) is 31.2 Å². The van der Waals surface area contributed by atoms with E-state index in [2.05, 4.69) is 10.5 Å². The van der Waals surface area contributed by atoms with Gasteiger partial charge in [-0.2, -0.15) is 0 Å². The van der Waals surface area contributed by atoms with Gasteiger partial charge in [-0.1, -0.05) is 23.4 Å². The number of hydrogen-bond donors (Lipinski definition) is 3. The lowest BCUT2D eigenvalue weighted by atomic mass is 10.1. The van der Waals surface area contributed by atoms with Crippen LogP contribution in [-0.4, -0.2) is 24.2 Å². The van der Waals surface area contributed by atoms with Crippen LogP contribution in [-0.2, 0) is 6.54 Å². The van der Waals surface area contributed by atoms with Gasteiger partial charge in [-0.15, -0.1) is 0 Å². The summed E-state index contributed by atoms with van der Waals surface area (Å²) in [4.78, 5) is 0. The summed E-state index contributed by atoms with van der Waals surface area (Å²) in [5.41, 5.74) is 6.52. The summed E-state index contributed by atoms with van der Waals surface area (Å²) >= 11 is 0. The number of hydrogen-bond acceptors (Lipinski definition) is 4. The molecule has 0 fully saturated rings. The molecular formula is C12H19N3O2. The number of nitrogens with two attached hydrogens (primary N) is 1. The van der Waals surface area contributed by atoms with Gasteiger partial charge in [0.05, 0.1) is 7.11 Å².